The molecule has 1 saturated heterocycles. The molecule has 2 heterocycles. The number of rotatable bonds is 11. The lowest BCUT2D eigenvalue weighted by atomic mass is 9.95. The number of aliphatic hydroxyl groups excluding tert-OH is 1. The van der Waals surface area contributed by atoms with E-state index in [9.17, 15) is 14.7 Å². The Morgan fingerprint density at radius 1 is 1.05 bits per heavy atom. The van der Waals surface area contributed by atoms with Gasteiger partial charge in [0.1, 0.15) is 11.5 Å². The van der Waals surface area contributed by atoms with Crippen LogP contribution in [0.4, 0.5) is 0 Å². The molecule has 1 aliphatic heterocycles. The number of benzene rings is 2. The number of hydrogen-bond donors (Lipinski definition) is 1. The number of likely N-dealkylation sites (N-methyl/N-ethyl adjacent to an activating group) is 1. The SMILES string of the molecule is CCCOc1cccc(C2C(=C(O)c3cnn(-c4ccccc4)c3C)C(=O)C(=O)N2CCN(CC)CC)c1. The monoisotopic (exact) mass is 516 g/mol. The Bertz CT molecular complexity index is 1310. The fraction of sp³-hybridized carbons (Fsp3) is 0.367. The molecule has 1 atom stereocenters. The molecule has 3 aromatic rings. The first-order valence-corrected chi connectivity index (χ1v) is 13.2. The molecule has 0 radical (unpaired) electrons. The normalized spacial score (nSPS) is 17.0. The summed E-state index contributed by atoms with van der Waals surface area (Å²) >= 11 is 0. The predicted molar refractivity (Wildman–Crippen MR) is 147 cm³/mol. The van der Waals surface area contributed by atoms with E-state index < -0.39 is 17.7 Å². The predicted octanol–water partition coefficient (Wildman–Crippen LogP) is 4.73. The van der Waals surface area contributed by atoms with Crippen molar-refractivity contribution in [2.75, 3.05) is 32.8 Å². The van der Waals surface area contributed by atoms with Gasteiger partial charge in [0.05, 0.1) is 41.4 Å². The summed E-state index contributed by atoms with van der Waals surface area (Å²) in [5.41, 5.74) is 2.70. The number of aliphatic hydroxyl groups is 1. The summed E-state index contributed by atoms with van der Waals surface area (Å²) in [5.74, 6) is -0.875. The molecule has 1 unspecified atom stereocenters. The van der Waals surface area contributed by atoms with E-state index in [2.05, 4.69) is 23.8 Å². The number of Topliss-reactive ketones (excluding diaryl/α,β-unsaturated/α-hetero) is 1. The zero-order valence-electron chi connectivity index (χ0n) is 22.6. The highest BCUT2D eigenvalue weighted by Crippen LogP contribution is 2.40. The van der Waals surface area contributed by atoms with E-state index in [4.69, 9.17) is 4.74 Å². The zero-order chi connectivity index (χ0) is 27.2. The lowest BCUT2D eigenvalue weighted by Crippen LogP contribution is -2.38. The maximum absolute atomic E-state index is 13.5. The Morgan fingerprint density at radius 2 is 1.79 bits per heavy atom. The number of likely N-dealkylation sites (tertiary alicyclic amines) is 1. The fourth-order valence-corrected chi connectivity index (χ4v) is 4.86. The van der Waals surface area contributed by atoms with Crippen LogP contribution in [0, 0.1) is 6.92 Å². The zero-order valence-corrected chi connectivity index (χ0v) is 22.6. The van der Waals surface area contributed by atoms with Gasteiger partial charge in [-0.05, 0) is 56.3 Å². The highest BCUT2D eigenvalue weighted by Gasteiger charge is 2.46. The molecule has 38 heavy (non-hydrogen) atoms. The maximum Gasteiger partial charge on any atom is 0.295 e. The molecule has 1 aliphatic rings. The quantitative estimate of drug-likeness (QED) is 0.225. The van der Waals surface area contributed by atoms with E-state index in [0.717, 1.165) is 25.2 Å². The first-order chi connectivity index (χ1) is 18.4. The fourth-order valence-electron chi connectivity index (χ4n) is 4.86. The minimum atomic E-state index is -0.741. The van der Waals surface area contributed by atoms with Crippen LogP contribution in [-0.4, -0.2) is 69.2 Å². The van der Waals surface area contributed by atoms with E-state index in [0.29, 0.717) is 42.3 Å². The average molecular weight is 517 g/mol. The molecule has 0 aliphatic carbocycles. The molecule has 200 valence electrons. The van der Waals surface area contributed by atoms with Gasteiger partial charge in [-0.25, -0.2) is 4.68 Å². The van der Waals surface area contributed by atoms with Crippen LogP contribution in [0.1, 0.15) is 50.1 Å². The third-order valence-electron chi connectivity index (χ3n) is 7.00. The molecule has 0 spiro atoms. The van der Waals surface area contributed by atoms with Crippen molar-refractivity contribution in [1.29, 1.82) is 0 Å². The minimum absolute atomic E-state index is 0.0675. The Kier molecular flexibility index (Phi) is 8.63. The molecule has 1 amide bonds. The molecule has 2 aromatic carbocycles. The largest absolute Gasteiger partial charge is 0.507 e. The Balaban J connectivity index is 1.81. The number of carbonyl (C=O) groups excluding carboxylic acids is 2. The lowest BCUT2D eigenvalue weighted by Gasteiger charge is -2.28. The summed E-state index contributed by atoms with van der Waals surface area (Å²) in [7, 11) is 0. The summed E-state index contributed by atoms with van der Waals surface area (Å²) in [6.45, 7) is 11.2. The first kappa shape index (κ1) is 27.1. The van der Waals surface area contributed by atoms with Crippen LogP contribution in [0.2, 0.25) is 0 Å². The molecule has 0 saturated carbocycles. The van der Waals surface area contributed by atoms with Crippen molar-refractivity contribution < 1.29 is 19.4 Å². The van der Waals surface area contributed by atoms with Crippen LogP contribution in [-0.2, 0) is 9.59 Å². The summed E-state index contributed by atoms with van der Waals surface area (Å²) in [4.78, 5) is 30.6. The van der Waals surface area contributed by atoms with Gasteiger partial charge in [0.25, 0.3) is 11.7 Å². The summed E-state index contributed by atoms with van der Waals surface area (Å²) in [5, 5.41) is 16.0. The second-order valence-corrected chi connectivity index (χ2v) is 9.33. The van der Waals surface area contributed by atoms with Crippen LogP contribution in [0.5, 0.6) is 5.75 Å². The van der Waals surface area contributed by atoms with Gasteiger partial charge in [0.2, 0.25) is 0 Å². The third-order valence-corrected chi connectivity index (χ3v) is 7.00. The standard InChI is InChI=1S/C30H36N4O4/c1-5-18-38-24-15-11-12-22(19-24)27-26(29(36)30(37)33(27)17-16-32(6-2)7-3)28(35)25-20-31-34(21(25)4)23-13-9-8-10-14-23/h8-15,19-20,27,35H,5-7,16-18H2,1-4H3. The Hall–Kier alpha value is -3.91. The highest BCUT2D eigenvalue weighted by atomic mass is 16.5. The number of ether oxygens (including phenoxy) is 1. The van der Waals surface area contributed by atoms with Crippen LogP contribution < -0.4 is 4.74 Å². The molecule has 8 nitrogen and oxygen atoms in total. The molecule has 4 rings (SSSR count). The highest BCUT2D eigenvalue weighted by molar-refractivity contribution is 6.46. The van der Waals surface area contributed by atoms with Crippen molar-refractivity contribution in [2.24, 2.45) is 0 Å². The van der Waals surface area contributed by atoms with Crippen LogP contribution in [0.15, 0.2) is 66.4 Å². The van der Waals surface area contributed by atoms with Gasteiger partial charge in [-0.3, -0.25) is 9.59 Å². The smallest absolute Gasteiger partial charge is 0.295 e. The number of aromatic nitrogens is 2. The topological polar surface area (TPSA) is 87.9 Å². The number of carbonyl (C=O) groups is 2. The second kappa shape index (κ2) is 12.1. The maximum atomic E-state index is 13.5. The van der Waals surface area contributed by atoms with Crippen molar-refractivity contribution in [3.05, 3.63) is 83.2 Å². The Labute approximate surface area is 224 Å². The number of hydrogen-bond acceptors (Lipinski definition) is 6. The van der Waals surface area contributed by atoms with E-state index >= 15 is 0 Å². The first-order valence-electron chi connectivity index (χ1n) is 13.2. The Morgan fingerprint density at radius 3 is 2.47 bits per heavy atom. The number of para-hydroxylation sites is 1. The molecular weight excluding hydrogens is 480 g/mol. The van der Waals surface area contributed by atoms with Crippen molar-refractivity contribution in [1.82, 2.24) is 19.6 Å². The van der Waals surface area contributed by atoms with E-state index in [1.807, 2.05) is 68.4 Å². The van der Waals surface area contributed by atoms with Gasteiger partial charge in [-0.15, -0.1) is 0 Å². The van der Waals surface area contributed by atoms with E-state index in [1.54, 1.807) is 15.8 Å². The number of ketones is 1. The average Bonchev–Trinajstić information content (AvgIpc) is 3.45. The van der Waals surface area contributed by atoms with E-state index in [1.165, 1.54) is 0 Å². The molecule has 0 bridgehead atoms. The molecule has 8 heteroatoms. The summed E-state index contributed by atoms with van der Waals surface area (Å²) in [6, 6.07) is 16.2. The van der Waals surface area contributed by atoms with Gasteiger partial charge < -0.3 is 19.6 Å². The van der Waals surface area contributed by atoms with Gasteiger partial charge in [-0.1, -0.05) is 51.1 Å². The second-order valence-electron chi connectivity index (χ2n) is 9.33. The van der Waals surface area contributed by atoms with Gasteiger partial charge in [0.15, 0.2) is 0 Å². The van der Waals surface area contributed by atoms with Crippen LogP contribution in [0.25, 0.3) is 11.4 Å². The van der Waals surface area contributed by atoms with Crippen molar-refractivity contribution in [3.63, 3.8) is 0 Å². The van der Waals surface area contributed by atoms with Crippen molar-refractivity contribution in [3.8, 4) is 11.4 Å². The number of amides is 1. The molecule has 1 fully saturated rings. The van der Waals surface area contributed by atoms with E-state index in [-0.39, 0.29) is 11.3 Å². The molecular formula is C30H36N4O4. The third kappa shape index (κ3) is 5.36. The summed E-state index contributed by atoms with van der Waals surface area (Å²) in [6.07, 6.45) is 2.40. The van der Waals surface area contributed by atoms with Gasteiger partial charge >= 0.3 is 0 Å². The van der Waals surface area contributed by atoms with Crippen molar-refractivity contribution in [2.45, 2.75) is 40.2 Å². The molecule has 1 aromatic heterocycles. The van der Waals surface area contributed by atoms with Crippen LogP contribution in [0.3, 0.4) is 0 Å². The number of nitrogens with zero attached hydrogens (tertiary/aromatic N) is 4. The summed E-state index contributed by atoms with van der Waals surface area (Å²) < 4.78 is 7.55. The molecule has 1 N–H and O–H groups in total. The minimum Gasteiger partial charge on any atom is -0.507 e. The van der Waals surface area contributed by atoms with Crippen LogP contribution >= 0.6 is 0 Å². The lowest BCUT2D eigenvalue weighted by molar-refractivity contribution is -0.140. The van der Waals surface area contributed by atoms with Gasteiger partial charge in [-0.2, -0.15) is 5.10 Å². The van der Waals surface area contributed by atoms with Gasteiger partial charge in [0, 0.05) is 13.1 Å². The van der Waals surface area contributed by atoms with Crippen molar-refractivity contribution >= 4 is 17.4 Å².